The average Bonchev–Trinajstić information content (AvgIpc) is 2.97. The van der Waals surface area contributed by atoms with Crippen LogP contribution in [0.25, 0.3) is 22.3 Å². The number of aliphatic hydroxyl groups is 8. The molecule has 0 bridgehead atoms. The molecule has 234 valence electrons. The second-order valence-corrected chi connectivity index (χ2v) is 9.91. The Morgan fingerprint density at radius 1 is 0.698 bits per heavy atom. The van der Waals surface area contributed by atoms with Crippen LogP contribution in [0.2, 0.25) is 0 Å². The first-order valence-electron chi connectivity index (χ1n) is 12.7. The minimum Gasteiger partial charge on any atom is -0.507 e. The first-order chi connectivity index (χ1) is 20.3. The van der Waals surface area contributed by atoms with E-state index in [4.69, 9.17) is 23.4 Å². The number of aliphatic hydroxyl groups excluding tert-OH is 8. The number of ether oxygens (including phenoxy) is 4. The number of phenolic OH excluding ortho intramolecular Hbond substituents is 3. The molecule has 2 aliphatic rings. The second-order valence-electron chi connectivity index (χ2n) is 9.91. The van der Waals surface area contributed by atoms with Crippen molar-refractivity contribution in [2.75, 3.05) is 6.61 Å². The van der Waals surface area contributed by atoms with Gasteiger partial charge in [0.15, 0.2) is 23.5 Å². The Kier molecular flexibility index (Phi) is 8.38. The van der Waals surface area contributed by atoms with Gasteiger partial charge in [0.05, 0.1) is 6.61 Å². The van der Waals surface area contributed by atoms with Crippen molar-refractivity contribution in [1.82, 2.24) is 0 Å². The highest BCUT2D eigenvalue weighted by Gasteiger charge is 2.46. The van der Waals surface area contributed by atoms with Gasteiger partial charge in [-0.25, -0.2) is 0 Å². The largest absolute Gasteiger partial charge is 0.507 e. The standard InChI is InChI=1S/C26H28O17/c27-6-13-15(31)17(33)20(36)25(41-13)39-8-4-11(30)14-12(5-8)40-22(7-1-2-9(28)10(29)3-7)23(16(14)32)42-26-21(37)18(34)19(35)24(38)43-26/h1-5,13,15,17-21,24-31,33-38H,6H2/t13-,15-,17-,18+,19+,20-,21+,24-,25-,26+/m1/s1. The minimum atomic E-state index is -2.03. The van der Waals surface area contributed by atoms with Crippen LogP contribution in [-0.4, -0.2) is 124 Å². The third kappa shape index (κ3) is 5.54. The van der Waals surface area contributed by atoms with E-state index < -0.39 is 108 Å². The van der Waals surface area contributed by atoms with Crippen molar-refractivity contribution >= 4 is 11.0 Å². The molecule has 0 spiro atoms. The van der Waals surface area contributed by atoms with E-state index in [1.165, 1.54) is 6.07 Å². The summed E-state index contributed by atoms with van der Waals surface area (Å²) in [5.74, 6) is -3.45. The van der Waals surface area contributed by atoms with E-state index >= 15 is 0 Å². The zero-order chi connectivity index (χ0) is 31.3. The minimum absolute atomic E-state index is 0.0875. The molecule has 5 rings (SSSR count). The molecular weight excluding hydrogens is 584 g/mol. The van der Waals surface area contributed by atoms with E-state index in [2.05, 4.69) is 0 Å². The van der Waals surface area contributed by atoms with Crippen LogP contribution in [0, 0.1) is 0 Å². The van der Waals surface area contributed by atoms with Gasteiger partial charge >= 0.3 is 0 Å². The number of fused-ring (bicyclic) bond motifs is 1. The molecule has 11 N–H and O–H groups in total. The molecule has 0 amide bonds. The van der Waals surface area contributed by atoms with Crippen molar-refractivity contribution in [2.24, 2.45) is 0 Å². The van der Waals surface area contributed by atoms with Crippen molar-refractivity contribution in [3.05, 3.63) is 40.6 Å². The van der Waals surface area contributed by atoms with Gasteiger partial charge in [-0.2, -0.15) is 0 Å². The maximum Gasteiger partial charge on any atom is 0.239 e. The number of aromatic hydroxyl groups is 3. The number of hydrogen-bond donors (Lipinski definition) is 11. The van der Waals surface area contributed by atoms with E-state index in [0.717, 1.165) is 24.3 Å². The van der Waals surface area contributed by atoms with Crippen LogP contribution in [0.1, 0.15) is 0 Å². The Morgan fingerprint density at radius 2 is 1.35 bits per heavy atom. The van der Waals surface area contributed by atoms with Crippen molar-refractivity contribution in [3.63, 3.8) is 0 Å². The van der Waals surface area contributed by atoms with Gasteiger partial charge < -0.3 is 79.5 Å². The fourth-order valence-corrected chi connectivity index (χ4v) is 4.63. The molecule has 43 heavy (non-hydrogen) atoms. The lowest BCUT2D eigenvalue weighted by Gasteiger charge is -2.39. The number of phenols is 3. The van der Waals surface area contributed by atoms with Crippen molar-refractivity contribution in [1.29, 1.82) is 0 Å². The summed E-state index contributed by atoms with van der Waals surface area (Å²) in [7, 11) is 0. The summed E-state index contributed by atoms with van der Waals surface area (Å²) >= 11 is 0. The number of hydrogen-bond acceptors (Lipinski definition) is 17. The lowest BCUT2D eigenvalue weighted by Crippen LogP contribution is -2.60. The maximum atomic E-state index is 13.7. The van der Waals surface area contributed by atoms with Crippen molar-refractivity contribution < 1.29 is 79.5 Å². The van der Waals surface area contributed by atoms with Gasteiger partial charge in [0.1, 0.15) is 65.2 Å². The predicted octanol–water partition coefficient (Wildman–Crippen LogP) is -3.11. The Hall–Kier alpha value is -3.75. The Labute approximate surface area is 239 Å². The highest BCUT2D eigenvalue weighted by atomic mass is 16.7. The van der Waals surface area contributed by atoms with Gasteiger partial charge in [-0.05, 0) is 18.2 Å². The van der Waals surface area contributed by atoms with Gasteiger partial charge in [-0.15, -0.1) is 0 Å². The summed E-state index contributed by atoms with van der Waals surface area (Å²) in [4.78, 5) is 13.7. The summed E-state index contributed by atoms with van der Waals surface area (Å²) in [6, 6.07) is 5.20. The van der Waals surface area contributed by atoms with E-state index in [0.29, 0.717) is 0 Å². The SMILES string of the molecule is O=c1c(O[C@H]2O[C@@H](O)[C@@H](O)[C@H](O)[C@@H]2O)c(-c2ccc(O)c(O)c2)oc2cc(O[C@@H]3O[C@H](CO)[C@@H](O)[C@@H](O)[C@H]3O)cc(O)c12. The molecule has 2 aliphatic heterocycles. The highest BCUT2D eigenvalue weighted by Crippen LogP contribution is 2.40. The second kappa shape index (κ2) is 11.7. The van der Waals surface area contributed by atoms with Gasteiger partial charge in [0.2, 0.25) is 23.8 Å². The van der Waals surface area contributed by atoms with Crippen molar-refractivity contribution in [3.8, 4) is 40.1 Å². The van der Waals surface area contributed by atoms with Crippen LogP contribution in [0.3, 0.4) is 0 Å². The molecule has 2 saturated heterocycles. The Bertz CT molecular complexity index is 1540. The molecule has 3 heterocycles. The Balaban J connectivity index is 1.60. The molecule has 3 aromatic rings. The van der Waals surface area contributed by atoms with Gasteiger partial charge in [0.25, 0.3) is 0 Å². The molecule has 0 radical (unpaired) electrons. The molecule has 0 unspecified atom stereocenters. The first kappa shape index (κ1) is 30.7. The summed E-state index contributed by atoms with van der Waals surface area (Å²) in [5, 5.41) is 110. The predicted molar refractivity (Wildman–Crippen MR) is 137 cm³/mol. The number of benzene rings is 2. The zero-order valence-electron chi connectivity index (χ0n) is 21.7. The van der Waals surface area contributed by atoms with Gasteiger partial charge in [0, 0.05) is 17.7 Å². The lowest BCUT2D eigenvalue weighted by molar-refractivity contribution is -0.321. The molecule has 17 heteroatoms. The highest BCUT2D eigenvalue weighted by molar-refractivity contribution is 5.88. The summed E-state index contributed by atoms with van der Waals surface area (Å²) < 4.78 is 27.1. The first-order valence-corrected chi connectivity index (χ1v) is 12.7. The lowest BCUT2D eigenvalue weighted by atomic mass is 9.99. The van der Waals surface area contributed by atoms with Crippen LogP contribution in [0.4, 0.5) is 0 Å². The Morgan fingerprint density at radius 3 is 2.00 bits per heavy atom. The molecule has 0 saturated carbocycles. The van der Waals surface area contributed by atoms with Crippen LogP contribution >= 0.6 is 0 Å². The van der Waals surface area contributed by atoms with E-state index in [-0.39, 0.29) is 16.9 Å². The molecule has 2 aromatic carbocycles. The van der Waals surface area contributed by atoms with Crippen LogP contribution in [0.5, 0.6) is 28.7 Å². The van der Waals surface area contributed by atoms with Gasteiger partial charge in [-0.3, -0.25) is 4.79 Å². The fourth-order valence-electron chi connectivity index (χ4n) is 4.63. The molecule has 17 nitrogen and oxygen atoms in total. The monoisotopic (exact) mass is 612 g/mol. The number of rotatable bonds is 6. The third-order valence-corrected chi connectivity index (χ3v) is 7.02. The molecule has 1 aromatic heterocycles. The molecule has 0 aliphatic carbocycles. The normalized spacial score (nSPS) is 32.9. The maximum absolute atomic E-state index is 13.7. The van der Waals surface area contributed by atoms with E-state index in [1.807, 2.05) is 0 Å². The third-order valence-electron chi connectivity index (χ3n) is 7.02. The fraction of sp³-hybridized carbons (Fsp3) is 0.423. The quantitative estimate of drug-likeness (QED) is 0.123. The summed E-state index contributed by atoms with van der Waals surface area (Å²) in [6.07, 6.45) is -18.1. The average molecular weight is 612 g/mol. The van der Waals surface area contributed by atoms with E-state index in [1.54, 1.807) is 0 Å². The summed E-state index contributed by atoms with van der Waals surface area (Å²) in [5.41, 5.74) is -1.55. The smallest absolute Gasteiger partial charge is 0.239 e. The van der Waals surface area contributed by atoms with Crippen LogP contribution in [-0.2, 0) is 9.47 Å². The van der Waals surface area contributed by atoms with Crippen molar-refractivity contribution in [2.45, 2.75) is 61.6 Å². The zero-order valence-corrected chi connectivity index (χ0v) is 21.7. The van der Waals surface area contributed by atoms with Crippen LogP contribution in [0.15, 0.2) is 39.5 Å². The molecule has 10 atom stereocenters. The summed E-state index contributed by atoms with van der Waals surface area (Å²) in [6.45, 7) is -0.735. The topological polar surface area (TPSA) is 290 Å². The van der Waals surface area contributed by atoms with E-state index in [9.17, 15) is 61.0 Å². The van der Waals surface area contributed by atoms with Crippen LogP contribution < -0.4 is 14.9 Å². The molecular formula is C26H28O17. The van der Waals surface area contributed by atoms with Gasteiger partial charge in [-0.1, -0.05) is 0 Å². The molecule has 2 fully saturated rings.